The van der Waals surface area contributed by atoms with Crippen LogP contribution < -0.4 is 20.3 Å². The molecule has 0 radical (unpaired) electrons. The maximum atomic E-state index is 16.4. The molecule has 3 aliphatic heterocycles. The summed E-state index contributed by atoms with van der Waals surface area (Å²) in [7, 11) is 1.62. The molecule has 18 heteroatoms. The third-order valence-electron chi connectivity index (χ3n) is 10.4. The second-order valence-corrected chi connectivity index (χ2v) is 14.4. The predicted octanol–water partition coefficient (Wildman–Crippen LogP) is 3.70. The fourth-order valence-corrected chi connectivity index (χ4v) is 7.55. The van der Waals surface area contributed by atoms with Crippen molar-refractivity contribution in [2.75, 3.05) is 63.1 Å². The first-order chi connectivity index (χ1) is 27.3. The number of halogens is 3. The number of phenolic OH excluding ortho intramolecular Hbond substituents is 1. The molecule has 0 unspecified atom stereocenters. The minimum absolute atomic E-state index is 0.00136. The molecular formula is C39H39ClF2N8O7. The van der Waals surface area contributed by atoms with Gasteiger partial charge in [0, 0.05) is 82.6 Å². The van der Waals surface area contributed by atoms with E-state index in [1.54, 1.807) is 30.1 Å². The number of aromatic hydroxyl groups is 1. The van der Waals surface area contributed by atoms with Crippen molar-refractivity contribution in [1.29, 1.82) is 0 Å². The number of piperidine rings is 1. The summed E-state index contributed by atoms with van der Waals surface area (Å²) in [5.74, 6) is -2.97. The topological polar surface area (TPSA) is 178 Å². The molecule has 298 valence electrons. The van der Waals surface area contributed by atoms with Crippen LogP contribution in [0.1, 0.15) is 42.1 Å². The number of fused-ring (bicyclic) bond motifs is 2. The average Bonchev–Trinajstić information content (AvgIpc) is 3.50. The molecule has 0 saturated carbocycles. The van der Waals surface area contributed by atoms with Gasteiger partial charge in [-0.2, -0.15) is 4.98 Å². The first-order valence-electron chi connectivity index (χ1n) is 18.4. The number of nitrogens with one attached hydrogen (secondary N) is 2. The number of carbonyl (C=O) groups is 5. The van der Waals surface area contributed by atoms with Gasteiger partial charge in [0.25, 0.3) is 5.91 Å². The molecule has 57 heavy (non-hydrogen) atoms. The molecule has 4 heterocycles. The smallest absolute Gasteiger partial charge is 0.255 e. The zero-order valence-electron chi connectivity index (χ0n) is 31.1. The maximum Gasteiger partial charge on any atom is 0.255 e. The van der Waals surface area contributed by atoms with Crippen molar-refractivity contribution < 1.29 is 42.6 Å². The molecule has 2 saturated heterocycles. The summed E-state index contributed by atoms with van der Waals surface area (Å²) in [6.45, 7) is 3.72. The summed E-state index contributed by atoms with van der Waals surface area (Å²) >= 11 is 6.54. The second-order valence-electron chi connectivity index (χ2n) is 14.0. The van der Waals surface area contributed by atoms with E-state index in [-0.39, 0.29) is 96.6 Å². The summed E-state index contributed by atoms with van der Waals surface area (Å²) in [6.07, 6.45) is 0.437. The molecule has 3 aliphatic rings. The number of anilines is 2. The van der Waals surface area contributed by atoms with E-state index in [1.165, 1.54) is 34.9 Å². The number of imide groups is 1. The normalized spacial score (nSPS) is 16.8. The number of nitrogens with zero attached hydrogens (tertiary/aromatic N) is 6. The van der Waals surface area contributed by atoms with Gasteiger partial charge < -0.3 is 34.8 Å². The Morgan fingerprint density at radius 3 is 2.56 bits per heavy atom. The largest absolute Gasteiger partial charge is 0.507 e. The summed E-state index contributed by atoms with van der Waals surface area (Å²) in [6, 6.07) is 9.31. The van der Waals surface area contributed by atoms with E-state index in [0.29, 0.717) is 48.9 Å². The van der Waals surface area contributed by atoms with Crippen LogP contribution in [0.25, 0.3) is 22.0 Å². The zero-order chi connectivity index (χ0) is 40.5. The number of hydrogen-bond donors (Lipinski definition) is 3. The SMILES string of the molecule is CC(=O)N1CCN(c2nc(NCCC(=O)N(C)CCOc3ccc4c(c3)CN([C@@H]3CCC(=O)NC3=O)C4=O)nc3c(F)c(-c4c(O)cccc4F)c(Cl)cc23)CC1. The van der Waals surface area contributed by atoms with Crippen molar-refractivity contribution in [1.82, 2.24) is 30.0 Å². The molecule has 15 nitrogen and oxygen atoms in total. The summed E-state index contributed by atoms with van der Waals surface area (Å²) < 4.78 is 37.2. The molecule has 4 aromatic rings. The van der Waals surface area contributed by atoms with Gasteiger partial charge in [-0.3, -0.25) is 29.3 Å². The van der Waals surface area contributed by atoms with Crippen molar-refractivity contribution in [2.45, 2.75) is 38.8 Å². The predicted molar refractivity (Wildman–Crippen MR) is 205 cm³/mol. The average molecular weight is 805 g/mol. The molecule has 1 atom stereocenters. The molecule has 2 fully saturated rings. The van der Waals surface area contributed by atoms with Crippen molar-refractivity contribution >= 4 is 63.8 Å². The van der Waals surface area contributed by atoms with Gasteiger partial charge in [-0.15, -0.1) is 0 Å². The lowest BCUT2D eigenvalue weighted by Gasteiger charge is -2.35. The zero-order valence-corrected chi connectivity index (χ0v) is 31.9. The number of piperazine rings is 1. The highest BCUT2D eigenvalue weighted by atomic mass is 35.5. The van der Waals surface area contributed by atoms with E-state index in [4.69, 9.17) is 16.3 Å². The van der Waals surface area contributed by atoms with E-state index in [1.807, 2.05) is 4.90 Å². The lowest BCUT2D eigenvalue weighted by atomic mass is 10.0. The van der Waals surface area contributed by atoms with Crippen LogP contribution in [0.2, 0.25) is 5.02 Å². The van der Waals surface area contributed by atoms with E-state index >= 15 is 4.39 Å². The van der Waals surface area contributed by atoms with E-state index < -0.39 is 34.9 Å². The van der Waals surface area contributed by atoms with Crippen molar-refractivity contribution in [3.05, 3.63) is 70.2 Å². The Bertz CT molecular complexity index is 2280. The maximum absolute atomic E-state index is 16.4. The Morgan fingerprint density at radius 1 is 1.07 bits per heavy atom. The number of carbonyl (C=O) groups excluding carboxylic acids is 5. The van der Waals surface area contributed by atoms with Gasteiger partial charge in [-0.25, -0.2) is 13.8 Å². The number of hydrogen-bond acceptors (Lipinski definition) is 11. The van der Waals surface area contributed by atoms with Crippen LogP contribution in [0, 0.1) is 11.6 Å². The lowest BCUT2D eigenvalue weighted by Crippen LogP contribution is -2.52. The van der Waals surface area contributed by atoms with Gasteiger partial charge >= 0.3 is 0 Å². The fraction of sp³-hybridized carbons (Fsp3) is 0.359. The van der Waals surface area contributed by atoms with E-state index in [0.717, 1.165) is 6.07 Å². The van der Waals surface area contributed by atoms with Crippen LogP contribution in [0.15, 0.2) is 42.5 Å². The van der Waals surface area contributed by atoms with Crippen LogP contribution in [-0.2, 0) is 25.7 Å². The summed E-state index contributed by atoms with van der Waals surface area (Å²) in [5, 5.41) is 15.8. The molecule has 1 aromatic heterocycles. The molecule has 0 bridgehead atoms. The Balaban J connectivity index is 1.00. The number of benzene rings is 3. The van der Waals surface area contributed by atoms with Crippen LogP contribution in [0.3, 0.4) is 0 Å². The van der Waals surface area contributed by atoms with E-state index in [2.05, 4.69) is 20.6 Å². The van der Waals surface area contributed by atoms with Gasteiger partial charge in [-0.1, -0.05) is 17.7 Å². The standard InChI is InChI=1S/C39H39ClF2N8O7/c1-21(51)48-12-14-49(15-13-48)36-25-19-26(40)32(33-27(41)4-3-5-29(33)52)34(42)35(25)45-39(46-36)43-11-10-31(54)47(2)16-17-57-23-6-7-24-22(18-23)20-50(38(24)56)28-8-9-30(53)44-37(28)55/h3-7,18-19,28,52H,8-17,20H2,1-2H3,(H,43,45,46)(H,44,53,55)/t28-/m1/s1. The number of phenols is 1. The molecular weight excluding hydrogens is 766 g/mol. The Morgan fingerprint density at radius 2 is 1.84 bits per heavy atom. The molecule has 0 spiro atoms. The van der Waals surface area contributed by atoms with Crippen LogP contribution in [0.4, 0.5) is 20.5 Å². The molecule has 5 amide bonds. The minimum Gasteiger partial charge on any atom is -0.507 e. The van der Waals surface area contributed by atoms with Crippen LogP contribution in [0.5, 0.6) is 11.5 Å². The summed E-state index contributed by atoms with van der Waals surface area (Å²) in [4.78, 5) is 77.5. The van der Waals surface area contributed by atoms with Gasteiger partial charge in [0.2, 0.25) is 29.6 Å². The quantitative estimate of drug-likeness (QED) is 0.189. The van der Waals surface area contributed by atoms with Gasteiger partial charge in [0.05, 0.1) is 17.1 Å². The Kier molecular flexibility index (Phi) is 11.1. The van der Waals surface area contributed by atoms with Gasteiger partial charge in [0.1, 0.15) is 41.3 Å². The van der Waals surface area contributed by atoms with Gasteiger partial charge in [0.15, 0.2) is 5.82 Å². The van der Waals surface area contributed by atoms with Crippen LogP contribution in [-0.4, -0.2) is 118 Å². The molecule has 3 N–H and O–H groups in total. The number of ether oxygens (including phenoxy) is 1. The van der Waals surface area contributed by atoms with Crippen molar-refractivity contribution in [3.63, 3.8) is 0 Å². The highest BCUT2D eigenvalue weighted by Gasteiger charge is 2.39. The van der Waals surface area contributed by atoms with Gasteiger partial charge in [-0.05, 0) is 48.4 Å². The van der Waals surface area contributed by atoms with Crippen molar-refractivity contribution in [2.24, 2.45) is 0 Å². The summed E-state index contributed by atoms with van der Waals surface area (Å²) in [5.41, 5.74) is 0.199. The fourth-order valence-electron chi connectivity index (χ4n) is 7.26. The highest BCUT2D eigenvalue weighted by molar-refractivity contribution is 6.34. The minimum atomic E-state index is -0.968. The molecule has 7 rings (SSSR count). The first kappa shape index (κ1) is 39.1. The monoisotopic (exact) mass is 804 g/mol. The number of rotatable bonds is 11. The van der Waals surface area contributed by atoms with Crippen LogP contribution >= 0.6 is 11.6 Å². The van der Waals surface area contributed by atoms with Crippen molar-refractivity contribution in [3.8, 4) is 22.6 Å². The van der Waals surface area contributed by atoms with E-state index in [9.17, 15) is 33.5 Å². The third-order valence-corrected chi connectivity index (χ3v) is 10.7. The molecule has 0 aliphatic carbocycles. The number of aromatic nitrogens is 2. The third kappa shape index (κ3) is 7.96. The number of likely N-dealkylation sites (N-methyl/N-ethyl adjacent to an activating group) is 1. The first-order valence-corrected chi connectivity index (χ1v) is 18.7. The lowest BCUT2D eigenvalue weighted by molar-refractivity contribution is -0.137. The molecule has 3 aromatic carbocycles. The number of amides is 5. The Labute approximate surface area is 330 Å². The highest BCUT2D eigenvalue weighted by Crippen LogP contribution is 2.42. The second kappa shape index (κ2) is 16.2. The Hall–Kier alpha value is -6.10.